The van der Waals surface area contributed by atoms with Gasteiger partial charge in [-0.25, -0.2) is 9.18 Å². The van der Waals surface area contributed by atoms with E-state index in [4.69, 9.17) is 4.74 Å². The van der Waals surface area contributed by atoms with Crippen LogP contribution in [-0.4, -0.2) is 93.4 Å². The van der Waals surface area contributed by atoms with Crippen LogP contribution in [0.5, 0.6) is 0 Å². The van der Waals surface area contributed by atoms with E-state index in [1.54, 1.807) is 12.1 Å². The van der Waals surface area contributed by atoms with Gasteiger partial charge in [0.1, 0.15) is 11.9 Å². The number of halogens is 1. The minimum absolute atomic E-state index is 0.179. The third-order valence-corrected chi connectivity index (χ3v) is 6.59. The summed E-state index contributed by atoms with van der Waals surface area (Å²) < 4.78 is 20.2. The summed E-state index contributed by atoms with van der Waals surface area (Å²) in [5, 5.41) is 2.64. The number of nitrogens with one attached hydrogen (secondary N) is 1. The van der Waals surface area contributed by atoms with Gasteiger partial charge in [0.15, 0.2) is 0 Å². The average molecular weight is 448 g/mol. The number of carbonyl (C=O) groups excluding carboxylic acids is 2. The molecule has 3 aliphatic rings. The van der Waals surface area contributed by atoms with Gasteiger partial charge in [-0.3, -0.25) is 14.6 Å². The van der Waals surface area contributed by atoms with Crippen molar-refractivity contribution in [2.75, 3.05) is 75.2 Å². The number of benzene rings is 1. The molecule has 176 valence electrons. The number of anilines is 2. The summed E-state index contributed by atoms with van der Waals surface area (Å²) in [5.41, 5.74) is 1.05. The zero-order valence-corrected chi connectivity index (χ0v) is 18.9. The summed E-state index contributed by atoms with van der Waals surface area (Å²) in [5.74, 6) is -0.510. The van der Waals surface area contributed by atoms with Crippen molar-refractivity contribution in [1.29, 1.82) is 0 Å². The molecule has 9 heteroatoms. The summed E-state index contributed by atoms with van der Waals surface area (Å²) in [7, 11) is 0. The van der Waals surface area contributed by atoms with Gasteiger partial charge in [0, 0.05) is 46.2 Å². The number of likely N-dealkylation sites (tertiary alicyclic amines) is 1. The van der Waals surface area contributed by atoms with Crippen molar-refractivity contribution in [2.24, 2.45) is 0 Å². The highest BCUT2D eigenvalue weighted by atomic mass is 19.1. The highest BCUT2D eigenvalue weighted by Gasteiger charge is 2.33. The molecule has 3 fully saturated rings. The number of nitrogens with zero attached hydrogens (tertiary/aromatic N) is 4. The van der Waals surface area contributed by atoms with Crippen molar-refractivity contribution in [3.8, 4) is 0 Å². The van der Waals surface area contributed by atoms with E-state index in [2.05, 4.69) is 20.0 Å². The largest absolute Gasteiger partial charge is 0.442 e. The number of amides is 2. The molecule has 0 bridgehead atoms. The van der Waals surface area contributed by atoms with Crippen LogP contribution < -0.4 is 15.1 Å². The first kappa shape index (κ1) is 22.8. The van der Waals surface area contributed by atoms with E-state index in [0.29, 0.717) is 11.4 Å². The Morgan fingerprint density at radius 1 is 1.06 bits per heavy atom. The van der Waals surface area contributed by atoms with E-state index < -0.39 is 12.2 Å². The van der Waals surface area contributed by atoms with Crippen molar-refractivity contribution in [3.63, 3.8) is 0 Å². The van der Waals surface area contributed by atoms with E-state index in [9.17, 15) is 14.0 Å². The lowest BCUT2D eigenvalue weighted by molar-refractivity contribution is -0.119. The SMILES string of the molecule is CC(=O)NC[C@H]1CN(c2ccc(N3CCN(CCN4CCCCC4)CC3)c(F)c2)C(=O)O1. The molecule has 0 radical (unpaired) electrons. The topological polar surface area (TPSA) is 68.4 Å². The molecule has 3 saturated heterocycles. The number of hydrogen-bond acceptors (Lipinski definition) is 6. The first-order valence-corrected chi connectivity index (χ1v) is 11.7. The monoisotopic (exact) mass is 447 g/mol. The van der Waals surface area contributed by atoms with Gasteiger partial charge in [-0.2, -0.15) is 0 Å². The van der Waals surface area contributed by atoms with Crippen LogP contribution in [-0.2, 0) is 9.53 Å². The molecule has 3 heterocycles. The Labute approximate surface area is 189 Å². The maximum atomic E-state index is 15.0. The second-order valence-electron chi connectivity index (χ2n) is 8.92. The standard InChI is InChI=1S/C23H34FN5O3/c1-18(30)25-16-20-17-29(23(31)32-20)19-5-6-22(21(24)15-19)28-13-11-27(12-14-28)10-9-26-7-3-2-4-8-26/h5-6,15,20H,2-4,7-14,16-17H2,1H3,(H,25,30)/t20-/m0/s1. The lowest BCUT2D eigenvalue weighted by atomic mass is 10.1. The summed E-state index contributed by atoms with van der Waals surface area (Å²) >= 11 is 0. The fourth-order valence-corrected chi connectivity index (χ4v) is 4.69. The van der Waals surface area contributed by atoms with Gasteiger partial charge in [0.25, 0.3) is 0 Å². The number of piperazine rings is 1. The predicted molar refractivity (Wildman–Crippen MR) is 122 cm³/mol. The fraction of sp³-hybridized carbons (Fsp3) is 0.652. The highest BCUT2D eigenvalue weighted by Crippen LogP contribution is 2.28. The molecule has 2 amide bonds. The minimum Gasteiger partial charge on any atom is -0.442 e. The molecule has 0 spiro atoms. The van der Waals surface area contributed by atoms with E-state index in [1.165, 1.54) is 50.2 Å². The number of hydrogen-bond donors (Lipinski definition) is 1. The molecule has 0 unspecified atom stereocenters. The predicted octanol–water partition coefficient (Wildman–Crippen LogP) is 1.89. The third-order valence-electron chi connectivity index (χ3n) is 6.59. The average Bonchev–Trinajstić information content (AvgIpc) is 3.18. The lowest BCUT2D eigenvalue weighted by Gasteiger charge is -2.37. The second-order valence-corrected chi connectivity index (χ2v) is 8.92. The van der Waals surface area contributed by atoms with Gasteiger partial charge in [-0.15, -0.1) is 0 Å². The van der Waals surface area contributed by atoms with E-state index in [0.717, 1.165) is 39.3 Å². The molecule has 0 aliphatic carbocycles. The molecule has 0 aromatic heterocycles. The molecular formula is C23H34FN5O3. The van der Waals surface area contributed by atoms with Gasteiger partial charge in [-0.1, -0.05) is 6.42 Å². The highest BCUT2D eigenvalue weighted by molar-refractivity contribution is 5.90. The van der Waals surface area contributed by atoms with E-state index in [-0.39, 0.29) is 24.8 Å². The number of cyclic esters (lactones) is 1. The van der Waals surface area contributed by atoms with Crippen LogP contribution in [0.15, 0.2) is 18.2 Å². The quantitative estimate of drug-likeness (QED) is 0.689. The zero-order chi connectivity index (χ0) is 22.5. The Morgan fingerprint density at radius 2 is 1.75 bits per heavy atom. The Balaban J connectivity index is 1.28. The van der Waals surface area contributed by atoms with Crippen LogP contribution in [0.4, 0.5) is 20.6 Å². The molecule has 1 N–H and O–H groups in total. The van der Waals surface area contributed by atoms with Crippen molar-refractivity contribution >= 4 is 23.4 Å². The van der Waals surface area contributed by atoms with Crippen LogP contribution in [0.1, 0.15) is 26.2 Å². The molecule has 1 aromatic carbocycles. The molecule has 1 aromatic rings. The normalized spacial score (nSPS) is 22.8. The van der Waals surface area contributed by atoms with Crippen molar-refractivity contribution in [3.05, 3.63) is 24.0 Å². The first-order valence-electron chi connectivity index (χ1n) is 11.7. The van der Waals surface area contributed by atoms with Crippen molar-refractivity contribution in [2.45, 2.75) is 32.3 Å². The first-order chi connectivity index (χ1) is 15.5. The van der Waals surface area contributed by atoms with Gasteiger partial charge in [0.05, 0.1) is 24.5 Å². The molecular weight excluding hydrogens is 413 g/mol. The summed E-state index contributed by atoms with van der Waals surface area (Å²) in [6.45, 7) is 10.0. The Bertz CT molecular complexity index is 809. The fourth-order valence-electron chi connectivity index (χ4n) is 4.69. The number of piperidine rings is 1. The number of rotatable bonds is 7. The summed E-state index contributed by atoms with van der Waals surface area (Å²) in [6, 6.07) is 4.92. The van der Waals surface area contributed by atoms with Gasteiger partial charge >= 0.3 is 6.09 Å². The maximum absolute atomic E-state index is 15.0. The van der Waals surface area contributed by atoms with Crippen LogP contribution in [0, 0.1) is 5.82 Å². The lowest BCUT2D eigenvalue weighted by Crippen LogP contribution is -2.49. The summed E-state index contributed by atoms with van der Waals surface area (Å²) in [4.78, 5) is 31.8. The molecule has 32 heavy (non-hydrogen) atoms. The van der Waals surface area contributed by atoms with Crippen LogP contribution >= 0.6 is 0 Å². The smallest absolute Gasteiger partial charge is 0.414 e. The summed E-state index contributed by atoms with van der Waals surface area (Å²) in [6.07, 6.45) is 3.03. The second kappa shape index (κ2) is 10.5. The van der Waals surface area contributed by atoms with E-state index >= 15 is 0 Å². The van der Waals surface area contributed by atoms with E-state index in [1.807, 2.05) is 0 Å². The van der Waals surface area contributed by atoms with Gasteiger partial charge in [-0.05, 0) is 44.1 Å². The third kappa shape index (κ3) is 5.69. The van der Waals surface area contributed by atoms with Crippen molar-refractivity contribution < 1.29 is 18.7 Å². The molecule has 3 aliphatic heterocycles. The Morgan fingerprint density at radius 3 is 2.41 bits per heavy atom. The Kier molecular flexibility index (Phi) is 7.47. The number of carbonyl (C=O) groups is 2. The molecule has 0 saturated carbocycles. The maximum Gasteiger partial charge on any atom is 0.414 e. The van der Waals surface area contributed by atoms with Gasteiger partial charge in [0.2, 0.25) is 5.91 Å². The van der Waals surface area contributed by atoms with Gasteiger partial charge < -0.3 is 19.9 Å². The van der Waals surface area contributed by atoms with Crippen molar-refractivity contribution in [1.82, 2.24) is 15.1 Å². The van der Waals surface area contributed by atoms with Crippen LogP contribution in [0.3, 0.4) is 0 Å². The Hall–Kier alpha value is -2.39. The number of ether oxygens (including phenoxy) is 1. The zero-order valence-electron chi connectivity index (χ0n) is 18.9. The minimum atomic E-state index is -0.519. The molecule has 1 atom stereocenters. The van der Waals surface area contributed by atoms with Crippen LogP contribution in [0.2, 0.25) is 0 Å². The molecule has 4 rings (SSSR count). The van der Waals surface area contributed by atoms with Crippen LogP contribution in [0.25, 0.3) is 0 Å². The molecule has 8 nitrogen and oxygen atoms in total.